The summed E-state index contributed by atoms with van der Waals surface area (Å²) in [5.41, 5.74) is 1.37. The number of esters is 1. The molecule has 0 aliphatic heterocycles. The molecule has 1 unspecified atom stereocenters. The van der Waals surface area contributed by atoms with Gasteiger partial charge in [-0.05, 0) is 39.0 Å². The SMILES string of the molecule is COC(=O)c1ccccc1Sc1ccccc1/C=N\[S+]([O-])C(C)(C)C. The molecule has 0 spiro atoms. The van der Waals surface area contributed by atoms with Gasteiger partial charge in [0.05, 0.1) is 18.9 Å². The molecule has 0 amide bonds. The number of carbonyl (C=O) groups excluding carboxylic acids is 1. The van der Waals surface area contributed by atoms with Crippen molar-refractivity contribution in [2.75, 3.05) is 7.11 Å². The van der Waals surface area contributed by atoms with Crippen molar-refractivity contribution in [2.45, 2.75) is 35.3 Å². The van der Waals surface area contributed by atoms with Crippen molar-refractivity contribution >= 4 is 35.3 Å². The molecule has 0 aromatic heterocycles. The van der Waals surface area contributed by atoms with Crippen LogP contribution in [-0.4, -0.2) is 28.6 Å². The summed E-state index contributed by atoms with van der Waals surface area (Å²) in [7, 11) is 1.37. The molecule has 0 radical (unpaired) electrons. The van der Waals surface area contributed by atoms with E-state index in [1.807, 2.05) is 57.2 Å². The van der Waals surface area contributed by atoms with Gasteiger partial charge in [0, 0.05) is 15.4 Å². The Hall–Kier alpha value is -1.76. The number of nitrogens with zero attached hydrogens (tertiary/aromatic N) is 1. The Bertz CT molecular complexity index is 769. The number of hydrogen-bond donors (Lipinski definition) is 0. The van der Waals surface area contributed by atoms with Crippen LogP contribution in [-0.2, 0) is 16.1 Å². The zero-order valence-corrected chi connectivity index (χ0v) is 16.3. The van der Waals surface area contributed by atoms with Crippen LogP contribution in [0.5, 0.6) is 0 Å². The number of ether oxygens (including phenoxy) is 1. The first-order valence-corrected chi connectivity index (χ1v) is 9.65. The molecule has 1 atom stereocenters. The molecular formula is C19H21NO3S2. The molecule has 0 aliphatic rings. The van der Waals surface area contributed by atoms with Crippen LogP contribution >= 0.6 is 11.8 Å². The molecule has 0 heterocycles. The van der Waals surface area contributed by atoms with Crippen molar-refractivity contribution in [1.29, 1.82) is 0 Å². The average Bonchev–Trinajstić information content (AvgIpc) is 2.59. The monoisotopic (exact) mass is 375 g/mol. The van der Waals surface area contributed by atoms with Gasteiger partial charge in [-0.2, -0.15) is 0 Å². The third kappa shape index (κ3) is 5.36. The normalized spacial score (nSPS) is 13.0. The van der Waals surface area contributed by atoms with Gasteiger partial charge in [0.25, 0.3) is 0 Å². The van der Waals surface area contributed by atoms with Gasteiger partial charge in [-0.25, -0.2) is 4.79 Å². The highest BCUT2D eigenvalue weighted by molar-refractivity contribution is 7.99. The van der Waals surface area contributed by atoms with Gasteiger partial charge < -0.3 is 9.29 Å². The predicted molar refractivity (Wildman–Crippen MR) is 104 cm³/mol. The van der Waals surface area contributed by atoms with E-state index in [4.69, 9.17) is 4.74 Å². The molecule has 2 aromatic rings. The van der Waals surface area contributed by atoms with E-state index in [-0.39, 0.29) is 5.97 Å². The third-order valence-electron chi connectivity index (χ3n) is 3.24. The lowest BCUT2D eigenvalue weighted by molar-refractivity contribution is 0.0597. The van der Waals surface area contributed by atoms with E-state index < -0.39 is 16.1 Å². The van der Waals surface area contributed by atoms with Crippen molar-refractivity contribution in [3.63, 3.8) is 0 Å². The Morgan fingerprint density at radius 1 is 1.12 bits per heavy atom. The summed E-state index contributed by atoms with van der Waals surface area (Å²) in [6.45, 7) is 5.65. The summed E-state index contributed by atoms with van der Waals surface area (Å²) < 4.78 is 20.8. The molecule has 4 nitrogen and oxygen atoms in total. The maximum absolute atomic E-state index is 12.1. The summed E-state index contributed by atoms with van der Waals surface area (Å²) in [6.07, 6.45) is 1.63. The molecule has 0 fully saturated rings. The number of rotatable bonds is 5. The Morgan fingerprint density at radius 3 is 2.36 bits per heavy atom. The second kappa shape index (κ2) is 8.56. The molecule has 2 rings (SSSR count). The topological polar surface area (TPSA) is 61.7 Å². The van der Waals surface area contributed by atoms with E-state index in [2.05, 4.69) is 4.40 Å². The van der Waals surface area contributed by atoms with Gasteiger partial charge in [-0.3, -0.25) is 0 Å². The first-order chi connectivity index (χ1) is 11.8. The minimum Gasteiger partial charge on any atom is -0.591 e. The minimum absolute atomic E-state index is 0.372. The van der Waals surface area contributed by atoms with Crippen molar-refractivity contribution in [1.82, 2.24) is 0 Å². The lowest BCUT2D eigenvalue weighted by atomic mass is 10.2. The first kappa shape index (κ1) is 19.6. The Kier molecular flexibility index (Phi) is 6.70. The highest BCUT2D eigenvalue weighted by atomic mass is 32.2. The molecule has 132 valence electrons. The van der Waals surface area contributed by atoms with E-state index in [1.54, 1.807) is 18.3 Å². The van der Waals surface area contributed by atoms with Crippen LogP contribution in [0, 0.1) is 0 Å². The van der Waals surface area contributed by atoms with Gasteiger partial charge >= 0.3 is 5.97 Å². The minimum atomic E-state index is -1.32. The first-order valence-electron chi connectivity index (χ1n) is 7.73. The summed E-state index contributed by atoms with van der Waals surface area (Å²) >= 11 is 0.133. The molecule has 0 saturated heterocycles. The van der Waals surface area contributed by atoms with Crippen molar-refractivity contribution in [3.8, 4) is 0 Å². The van der Waals surface area contributed by atoms with Crippen molar-refractivity contribution < 1.29 is 14.1 Å². The van der Waals surface area contributed by atoms with Crippen LogP contribution < -0.4 is 0 Å². The van der Waals surface area contributed by atoms with Crippen LogP contribution in [0.15, 0.2) is 62.7 Å². The van der Waals surface area contributed by atoms with Crippen LogP contribution in [0.2, 0.25) is 0 Å². The standard InChI is InChI=1S/C19H21NO3S2/c1-19(2,3)25(22)20-13-14-9-5-7-11-16(14)24-17-12-8-6-10-15(17)18(21)23-4/h5-13H,1-4H3/b20-13-. The molecular weight excluding hydrogens is 354 g/mol. The van der Waals surface area contributed by atoms with Crippen LogP contribution in [0.4, 0.5) is 0 Å². The van der Waals surface area contributed by atoms with Gasteiger partial charge in [0.2, 0.25) is 0 Å². The highest BCUT2D eigenvalue weighted by Crippen LogP contribution is 2.32. The zero-order chi connectivity index (χ0) is 18.4. The summed E-state index contributed by atoms with van der Waals surface area (Å²) in [5, 5.41) is 0. The second-order valence-corrected chi connectivity index (χ2v) is 9.24. The molecule has 0 N–H and O–H groups in total. The molecule has 0 aliphatic carbocycles. The largest absolute Gasteiger partial charge is 0.591 e. The van der Waals surface area contributed by atoms with Crippen LogP contribution in [0.3, 0.4) is 0 Å². The molecule has 0 saturated carbocycles. The van der Waals surface area contributed by atoms with Crippen LogP contribution in [0.25, 0.3) is 0 Å². The molecule has 2 aromatic carbocycles. The Morgan fingerprint density at radius 2 is 1.72 bits per heavy atom. The van der Waals surface area contributed by atoms with Gasteiger partial charge in [0.15, 0.2) is 0 Å². The quantitative estimate of drug-likeness (QED) is 0.438. The number of benzene rings is 2. The Labute approximate surface area is 156 Å². The number of carbonyl (C=O) groups is 1. The van der Waals surface area contributed by atoms with Crippen LogP contribution in [0.1, 0.15) is 36.7 Å². The smallest absolute Gasteiger partial charge is 0.339 e. The number of methoxy groups -OCH3 is 1. The highest BCUT2D eigenvalue weighted by Gasteiger charge is 2.26. The average molecular weight is 376 g/mol. The maximum Gasteiger partial charge on any atom is 0.339 e. The summed E-state index contributed by atoms with van der Waals surface area (Å²) in [5.74, 6) is -0.372. The zero-order valence-electron chi connectivity index (χ0n) is 14.7. The van der Waals surface area contributed by atoms with Gasteiger partial charge in [-0.15, -0.1) is 0 Å². The molecule has 6 heteroatoms. The van der Waals surface area contributed by atoms with Gasteiger partial charge in [0.1, 0.15) is 16.1 Å². The summed E-state index contributed by atoms with van der Waals surface area (Å²) in [6, 6.07) is 15.0. The van der Waals surface area contributed by atoms with E-state index in [1.165, 1.54) is 18.9 Å². The van der Waals surface area contributed by atoms with E-state index in [0.717, 1.165) is 15.4 Å². The van der Waals surface area contributed by atoms with Crippen molar-refractivity contribution in [3.05, 3.63) is 59.7 Å². The summed E-state index contributed by atoms with van der Waals surface area (Å²) in [4.78, 5) is 13.7. The fourth-order valence-corrected chi connectivity index (χ4v) is 3.45. The lowest BCUT2D eigenvalue weighted by Crippen LogP contribution is -2.25. The number of hydrogen-bond acceptors (Lipinski definition) is 5. The predicted octanol–water partition coefficient (Wildman–Crippen LogP) is 4.51. The van der Waals surface area contributed by atoms with Crippen molar-refractivity contribution in [2.24, 2.45) is 4.40 Å². The third-order valence-corrected chi connectivity index (χ3v) is 5.75. The molecule has 0 bridgehead atoms. The fourth-order valence-electron chi connectivity index (χ4n) is 1.90. The Balaban J connectivity index is 2.31. The van der Waals surface area contributed by atoms with E-state index >= 15 is 0 Å². The molecule has 25 heavy (non-hydrogen) atoms. The fraction of sp³-hybridized carbons (Fsp3) is 0.263. The lowest BCUT2D eigenvalue weighted by Gasteiger charge is -2.17. The van der Waals surface area contributed by atoms with Gasteiger partial charge in [-0.1, -0.05) is 46.5 Å². The maximum atomic E-state index is 12.1. The van der Waals surface area contributed by atoms with E-state index in [0.29, 0.717) is 5.56 Å². The van der Waals surface area contributed by atoms with E-state index in [9.17, 15) is 9.35 Å². The second-order valence-electron chi connectivity index (χ2n) is 6.22.